The maximum Gasteiger partial charge on any atom is 0.242 e. The number of aromatic nitrogens is 2. The number of ether oxygens (including phenoxy) is 1. The van der Waals surface area contributed by atoms with Crippen LogP contribution in [0.2, 0.25) is 0 Å². The van der Waals surface area contributed by atoms with Crippen molar-refractivity contribution >= 4 is 11.8 Å². The summed E-state index contributed by atoms with van der Waals surface area (Å²) >= 11 is 0. The Morgan fingerprint density at radius 1 is 1.07 bits per heavy atom. The van der Waals surface area contributed by atoms with Gasteiger partial charge in [0, 0.05) is 51.9 Å². The van der Waals surface area contributed by atoms with Crippen LogP contribution >= 0.6 is 0 Å². The van der Waals surface area contributed by atoms with Gasteiger partial charge in [-0.1, -0.05) is 0 Å². The Kier molecular flexibility index (Phi) is 6.09. The first-order valence-corrected chi connectivity index (χ1v) is 10.2. The Bertz CT molecular complexity index is 813. The smallest absolute Gasteiger partial charge is 0.242 e. The zero-order chi connectivity index (χ0) is 20.1. The molecular formula is C21H27N5O3. The van der Waals surface area contributed by atoms with Gasteiger partial charge in [0.1, 0.15) is 12.4 Å². The lowest BCUT2D eigenvalue weighted by atomic mass is 10.1. The predicted octanol–water partition coefficient (Wildman–Crippen LogP) is 1.22. The van der Waals surface area contributed by atoms with Crippen LogP contribution in [0, 0.1) is 0 Å². The van der Waals surface area contributed by atoms with E-state index >= 15 is 0 Å². The molecule has 0 spiro atoms. The summed E-state index contributed by atoms with van der Waals surface area (Å²) in [5.74, 6) is 1.01. The van der Waals surface area contributed by atoms with Crippen molar-refractivity contribution in [2.75, 3.05) is 52.4 Å². The summed E-state index contributed by atoms with van der Waals surface area (Å²) in [6.45, 7) is 5.47. The van der Waals surface area contributed by atoms with Gasteiger partial charge in [0.2, 0.25) is 11.8 Å². The monoisotopic (exact) mass is 397 g/mol. The topological polar surface area (TPSA) is 81.8 Å². The molecule has 1 aromatic heterocycles. The standard InChI is InChI=1S/C21H27N5O3/c27-20-2-1-9-26(20)16-21(28)25-12-10-24(11-13-25)14-15-29-18-5-3-17(4-6-18)19-7-8-22-23-19/h3-8H,1-2,9-16H2,(H,22,23). The third-order valence-corrected chi connectivity index (χ3v) is 5.56. The lowest BCUT2D eigenvalue weighted by molar-refractivity contribution is -0.139. The van der Waals surface area contributed by atoms with E-state index in [-0.39, 0.29) is 18.4 Å². The molecule has 2 saturated heterocycles. The summed E-state index contributed by atoms with van der Waals surface area (Å²) in [6.07, 6.45) is 3.18. The highest BCUT2D eigenvalue weighted by atomic mass is 16.5. The fourth-order valence-corrected chi connectivity index (χ4v) is 3.80. The highest BCUT2D eigenvalue weighted by Gasteiger charge is 2.26. The zero-order valence-corrected chi connectivity index (χ0v) is 16.5. The van der Waals surface area contributed by atoms with Crippen LogP contribution in [0.3, 0.4) is 0 Å². The van der Waals surface area contributed by atoms with Crippen LogP contribution in [0.1, 0.15) is 12.8 Å². The minimum Gasteiger partial charge on any atom is -0.492 e. The molecule has 0 bridgehead atoms. The number of hydrogen-bond donors (Lipinski definition) is 1. The second-order valence-corrected chi connectivity index (χ2v) is 7.48. The molecule has 154 valence electrons. The van der Waals surface area contributed by atoms with E-state index < -0.39 is 0 Å². The summed E-state index contributed by atoms with van der Waals surface area (Å²) < 4.78 is 5.86. The normalized spacial score (nSPS) is 17.7. The summed E-state index contributed by atoms with van der Waals surface area (Å²) in [6, 6.07) is 9.89. The van der Waals surface area contributed by atoms with Gasteiger partial charge < -0.3 is 14.5 Å². The van der Waals surface area contributed by atoms with Crippen molar-refractivity contribution in [1.82, 2.24) is 24.9 Å². The van der Waals surface area contributed by atoms with Gasteiger partial charge in [-0.15, -0.1) is 0 Å². The quantitative estimate of drug-likeness (QED) is 0.760. The number of amides is 2. The first kappa shape index (κ1) is 19.4. The van der Waals surface area contributed by atoms with Crippen molar-refractivity contribution in [1.29, 1.82) is 0 Å². The number of nitrogens with zero attached hydrogens (tertiary/aromatic N) is 4. The van der Waals surface area contributed by atoms with Crippen molar-refractivity contribution in [3.63, 3.8) is 0 Å². The fraction of sp³-hybridized carbons (Fsp3) is 0.476. The molecule has 29 heavy (non-hydrogen) atoms. The molecule has 2 fully saturated rings. The van der Waals surface area contributed by atoms with E-state index in [2.05, 4.69) is 15.1 Å². The lowest BCUT2D eigenvalue weighted by Gasteiger charge is -2.35. The van der Waals surface area contributed by atoms with E-state index in [1.807, 2.05) is 35.2 Å². The second-order valence-electron chi connectivity index (χ2n) is 7.48. The molecule has 1 N–H and O–H groups in total. The van der Waals surface area contributed by atoms with Crippen molar-refractivity contribution in [3.05, 3.63) is 36.5 Å². The van der Waals surface area contributed by atoms with Gasteiger partial charge in [-0.25, -0.2) is 0 Å². The summed E-state index contributed by atoms with van der Waals surface area (Å²) in [5, 5.41) is 6.91. The van der Waals surface area contributed by atoms with E-state index in [1.54, 1.807) is 11.1 Å². The number of benzene rings is 1. The van der Waals surface area contributed by atoms with Gasteiger partial charge >= 0.3 is 0 Å². The van der Waals surface area contributed by atoms with Crippen LogP contribution in [0.15, 0.2) is 36.5 Å². The van der Waals surface area contributed by atoms with Crippen LogP contribution in [-0.4, -0.2) is 89.1 Å². The molecule has 0 radical (unpaired) electrons. The Morgan fingerprint density at radius 3 is 2.52 bits per heavy atom. The minimum absolute atomic E-state index is 0.0634. The first-order chi connectivity index (χ1) is 14.2. The molecular weight excluding hydrogens is 370 g/mol. The fourth-order valence-electron chi connectivity index (χ4n) is 3.80. The predicted molar refractivity (Wildman–Crippen MR) is 108 cm³/mol. The summed E-state index contributed by atoms with van der Waals surface area (Å²) in [4.78, 5) is 29.9. The van der Waals surface area contributed by atoms with Gasteiger partial charge in [0.15, 0.2) is 0 Å². The lowest BCUT2D eigenvalue weighted by Crippen LogP contribution is -2.51. The molecule has 2 aliphatic heterocycles. The highest BCUT2D eigenvalue weighted by Crippen LogP contribution is 2.20. The van der Waals surface area contributed by atoms with Crippen molar-refractivity contribution in [2.45, 2.75) is 12.8 Å². The third kappa shape index (κ3) is 4.95. The van der Waals surface area contributed by atoms with Crippen LogP contribution in [-0.2, 0) is 9.59 Å². The van der Waals surface area contributed by atoms with Gasteiger partial charge in [0.25, 0.3) is 0 Å². The highest BCUT2D eigenvalue weighted by molar-refractivity contribution is 5.85. The number of piperazine rings is 1. The van der Waals surface area contributed by atoms with E-state index in [0.29, 0.717) is 32.7 Å². The Morgan fingerprint density at radius 2 is 1.86 bits per heavy atom. The molecule has 8 nitrogen and oxygen atoms in total. The number of rotatable bonds is 7. The molecule has 2 amide bonds. The number of carbonyl (C=O) groups is 2. The Labute approximate surface area is 170 Å². The Balaban J connectivity index is 1.16. The average Bonchev–Trinajstić information content (AvgIpc) is 3.42. The number of H-pyrrole nitrogens is 1. The first-order valence-electron chi connectivity index (χ1n) is 10.2. The van der Waals surface area contributed by atoms with Crippen LogP contribution in [0.4, 0.5) is 0 Å². The van der Waals surface area contributed by atoms with E-state index in [4.69, 9.17) is 4.74 Å². The van der Waals surface area contributed by atoms with Crippen molar-refractivity contribution < 1.29 is 14.3 Å². The van der Waals surface area contributed by atoms with Crippen LogP contribution in [0.5, 0.6) is 5.75 Å². The van der Waals surface area contributed by atoms with Crippen LogP contribution < -0.4 is 4.74 Å². The Hall–Kier alpha value is -2.87. The molecule has 3 heterocycles. The number of likely N-dealkylation sites (tertiary alicyclic amines) is 1. The molecule has 0 atom stereocenters. The molecule has 8 heteroatoms. The van der Waals surface area contributed by atoms with Crippen LogP contribution in [0.25, 0.3) is 11.3 Å². The van der Waals surface area contributed by atoms with Gasteiger partial charge in [0.05, 0.1) is 12.2 Å². The average molecular weight is 397 g/mol. The minimum atomic E-state index is 0.0634. The summed E-state index contributed by atoms with van der Waals surface area (Å²) in [5.41, 5.74) is 2.06. The largest absolute Gasteiger partial charge is 0.492 e. The molecule has 2 aromatic rings. The third-order valence-electron chi connectivity index (χ3n) is 5.56. The molecule has 0 saturated carbocycles. The van der Waals surface area contributed by atoms with Gasteiger partial charge in [-0.05, 0) is 42.3 Å². The SMILES string of the molecule is O=C(CN1CCCC1=O)N1CCN(CCOc2ccc(-c3ccn[nH]3)cc2)CC1. The molecule has 0 aliphatic carbocycles. The van der Waals surface area contributed by atoms with E-state index in [1.165, 1.54) is 0 Å². The molecule has 0 unspecified atom stereocenters. The number of hydrogen-bond acceptors (Lipinski definition) is 5. The van der Waals surface area contributed by atoms with Gasteiger partial charge in [-0.2, -0.15) is 5.10 Å². The second kappa shape index (κ2) is 9.09. The molecule has 1 aromatic carbocycles. The maximum absolute atomic E-state index is 12.4. The number of nitrogens with one attached hydrogen (secondary N) is 1. The van der Waals surface area contributed by atoms with Gasteiger partial charge in [-0.3, -0.25) is 19.6 Å². The number of aromatic amines is 1. The zero-order valence-electron chi connectivity index (χ0n) is 16.5. The maximum atomic E-state index is 12.4. The van der Waals surface area contributed by atoms with Crippen molar-refractivity contribution in [2.24, 2.45) is 0 Å². The van der Waals surface area contributed by atoms with E-state index in [0.717, 1.165) is 43.1 Å². The molecule has 2 aliphatic rings. The summed E-state index contributed by atoms with van der Waals surface area (Å²) in [7, 11) is 0. The van der Waals surface area contributed by atoms with E-state index in [9.17, 15) is 9.59 Å². The molecule has 4 rings (SSSR count). The van der Waals surface area contributed by atoms with Crippen molar-refractivity contribution in [3.8, 4) is 17.0 Å². The number of carbonyl (C=O) groups excluding carboxylic acids is 2.